The number of hydrogen-bond acceptors (Lipinski definition) is 2. The number of halogens is 1. The van der Waals surface area contributed by atoms with Gasteiger partial charge in [-0.2, -0.15) is 0 Å². The number of nitrogens with one attached hydrogen (secondary N) is 2. The van der Waals surface area contributed by atoms with Crippen molar-refractivity contribution in [3.05, 3.63) is 22.4 Å². The lowest BCUT2D eigenvalue weighted by Crippen LogP contribution is -2.29. The van der Waals surface area contributed by atoms with Gasteiger partial charge in [-0.05, 0) is 61.7 Å². The smallest absolute Gasteiger partial charge is 0.267 e. The van der Waals surface area contributed by atoms with E-state index in [0.29, 0.717) is 0 Å². The molecule has 2 N–H and O–H groups in total. The summed E-state index contributed by atoms with van der Waals surface area (Å²) in [5.41, 5.74) is 0.719. The predicted molar refractivity (Wildman–Crippen MR) is 80.5 cm³/mol. The molecular weight excluding hydrogens is 306 g/mol. The van der Waals surface area contributed by atoms with Gasteiger partial charge < -0.3 is 15.2 Å². The highest BCUT2D eigenvalue weighted by atomic mass is 79.9. The molecule has 0 bridgehead atoms. The van der Waals surface area contributed by atoms with Crippen molar-refractivity contribution in [1.29, 1.82) is 0 Å². The van der Waals surface area contributed by atoms with E-state index >= 15 is 0 Å². The Morgan fingerprint density at radius 3 is 2.84 bits per heavy atom. The standard InChI is InChI=1S/C14H22BrN3O/c1-10(2)18-9-11(15)8-13(18)14(19)17-7-3-6-16-12-4-5-12/h8-10,12,16H,3-7H2,1-2H3,(H,17,19). The Labute approximate surface area is 123 Å². The maximum absolute atomic E-state index is 12.1. The van der Waals surface area contributed by atoms with Crippen molar-refractivity contribution in [1.82, 2.24) is 15.2 Å². The minimum atomic E-state index is 0.00539. The first kappa shape index (κ1) is 14.6. The Bertz CT molecular complexity index is 438. The Morgan fingerprint density at radius 1 is 1.47 bits per heavy atom. The molecule has 1 aliphatic rings. The van der Waals surface area contributed by atoms with Gasteiger partial charge in [0.2, 0.25) is 0 Å². The van der Waals surface area contributed by atoms with Gasteiger partial charge in [0.1, 0.15) is 5.69 Å². The van der Waals surface area contributed by atoms with E-state index in [0.717, 1.165) is 35.7 Å². The predicted octanol–water partition coefficient (Wildman–Crippen LogP) is 2.70. The average molecular weight is 328 g/mol. The van der Waals surface area contributed by atoms with Gasteiger partial charge in [0.05, 0.1) is 0 Å². The van der Waals surface area contributed by atoms with Crippen LogP contribution in [-0.2, 0) is 0 Å². The van der Waals surface area contributed by atoms with Crippen LogP contribution in [0.1, 0.15) is 49.6 Å². The summed E-state index contributed by atoms with van der Waals surface area (Å²) >= 11 is 3.42. The van der Waals surface area contributed by atoms with Gasteiger partial charge in [-0.1, -0.05) is 0 Å². The zero-order valence-electron chi connectivity index (χ0n) is 11.6. The van der Waals surface area contributed by atoms with Crippen LogP contribution >= 0.6 is 15.9 Å². The van der Waals surface area contributed by atoms with E-state index in [1.807, 2.05) is 16.8 Å². The third-order valence-corrected chi connectivity index (χ3v) is 3.69. The summed E-state index contributed by atoms with van der Waals surface area (Å²) < 4.78 is 2.93. The van der Waals surface area contributed by atoms with Gasteiger partial charge in [-0.15, -0.1) is 0 Å². The van der Waals surface area contributed by atoms with E-state index in [2.05, 4.69) is 40.4 Å². The zero-order chi connectivity index (χ0) is 13.8. The quantitative estimate of drug-likeness (QED) is 0.756. The Kier molecular flexibility index (Phi) is 5.05. The maximum Gasteiger partial charge on any atom is 0.267 e. The van der Waals surface area contributed by atoms with E-state index < -0.39 is 0 Å². The number of carbonyl (C=O) groups is 1. The van der Waals surface area contributed by atoms with Gasteiger partial charge in [0, 0.05) is 29.3 Å². The van der Waals surface area contributed by atoms with Gasteiger partial charge >= 0.3 is 0 Å². The first-order chi connectivity index (χ1) is 9.08. The summed E-state index contributed by atoms with van der Waals surface area (Å²) in [6.45, 7) is 5.85. The Hall–Kier alpha value is -0.810. The molecular formula is C14H22BrN3O. The summed E-state index contributed by atoms with van der Waals surface area (Å²) in [4.78, 5) is 12.1. The van der Waals surface area contributed by atoms with Crippen LogP contribution in [-0.4, -0.2) is 29.6 Å². The van der Waals surface area contributed by atoms with Crippen LogP contribution in [0.5, 0.6) is 0 Å². The van der Waals surface area contributed by atoms with Crippen LogP contribution < -0.4 is 10.6 Å². The normalized spacial score (nSPS) is 14.9. The molecule has 0 aliphatic heterocycles. The molecule has 1 aromatic heterocycles. The largest absolute Gasteiger partial charge is 0.351 e. The molecule has 1 fully saturated rings. The van der Waals surface area contributed by atoms with Crippen LogP contribution in [0, 0.1) is 0 Å². The number of aromatic nitrogens is 1. The van der Waals surface area contributed by atoms with Crippen molar-refractivity contribution in [3.8, 4) is 0 Å². The van der Waals surface area contributed by atoms with E-state index in [1.165, 1.54) is 12.8 Å². The summed E-state index contributed by atoms with van der Waals surface area (Å²) in [7, 11) is 0. The second-order valence-electron chi connectivity index (χ2n) is 5.38. The SMILES string of the molecule is CC(C)n1cc(Br)cc1C(=O)NCCCNC1CC1. The first-order valence-electron chi connectivity index (χ1n) is 6.97. The van der Waals surface area contributed by atoms with Crippen molar-refractivity contribution in [2.24, 2.45) is 0 Å². The third-order valence-electron chi connectivity index (χ3n) is 3.25. The molecule has 1 heterocycles. The zero-order valence-corrected chi connectivity index (χ0v) is 13.2. The molecule has 5 heteroatoms. The van der Waals surface area contributed by atoms with Crippen LogP contribution in [0.4, 0.5) is 0 Å². The Morgan fingerprint density at radius 2 is 2.21 bits per heavy atom. The molecule has 0 spiro atoms. The minimum absolute atomic E-state index is 0.00539. The third kappa shape index (κ3) is 4.35. The number of amides is 1. The molecule has 0 atom stereocenters. The topological polar surface area (TPSA) is 46.1 Å². The molecule has 2 rings (SSSR count). The maximum atomic E-state index is 12.1. The first-order valence-corrected chi connectivity index (χ1v) is 7.76. The highest BCUT2D eigenvalue weighted by molar-refractivity contribution is 9.10. The molecule has 1 saturated carbocycles. The van der Waals surface area contributed by atoms with Crippen LogP contribution in [0.2, 0.25) is 0 Å². The summed E-state index contributed by atoms with van der Waals surface area (Å²) in [5, 5.41) is 6.42. The van der Waals surface area contributed by atoms with E-state index in [4.69, 9.17) is 0 Å². The van der Waals surface area contributed by atoms with Gasteiger partial charge in [-0.3, -0.25) is 4.79 Å². The molecule has 19 heavy (non-hydrogen) atoms. The van der Waals surface area contributed by atoms with Crippen LogP contribution in [0.3, 0.4) is 0 Å². The lowest BCUT2D eigenvalue weighted by Gasteiger charge is -2.12. The van der Waals surface area contributed by atoms with E-state index in [9.17, 15) is 4.79 Å². The molecule has 0 unspecified atom stereocenters. The summed E-state index contributed by atoms with van der Waals surface area (Å²) in [6.07, 6.45) is 5.55. The molecule has 1 amide bonds. The van der Waals surface area contributed by atoms with E-state index in [1.54, 1.807) is 0 Å². The van der Waals surface area contributed by atoms with Crippen molar-refractivity contribution in [2.45, 2.75) is 45.2 Å². The second kappa shape index (κ2) is 6.57. The highest BCUT2D eigenvalue weighted by Crippen LogP contribution is 2.19. The lowest BCUT2D eigenvalue weighted by molar-refractivity contribution is 0.0942. The fourth-order valence-corrected chi connectivity index (χ4v) is 2.47. The average Bonchev–Trinajstić information content (AvgIpc) is 3.09. The molecule has 4 nitrogen and oxygen atoms in total. The van der Waals surface area contributed by atoms with Crippen molar-refractivity contribution < 1.29 is 4.79 Å². The van der Waals surface area contributed by atoms with Gasteiger partial charge in [0.25, 0.3) is 5.91 Å². The molecule has 0 radical (unpaired) electrons. The monoisotopic (exact) mass is 327 g/mol. The van der Waals surface area contributed by atoms with Crippen LogP contribution in [0.15, 0.2) is 16.7 Å². The molecule has 106 valence electrons. The van der Waals surface area contributed by atoms with Gasteiger partial charge in [0.15, 0.2) is 0 Å². The summed E-state index contributed by atoms with van der Waals surface area (Å²) in [6, 6.07) is 2.89. The number of carbonyl (C=O) groups excluding carboxylic acids is 1. The molecule has 0 saturated heterocycles. The van der Waals surface area contributed by atoms with Crippen molar-refractivity contribution >= 4 is 21.8 Å². The Balaban J connectivity index is 1.78. The van der Waals surface area contributed by atoms with Crippen LogP contribution in [0.25, 0.3) is 0 Å². The number of nitrogens with zero attached hydrogens (tertiary/aromatic N) is 1. The lowest BCUT2D eigenvalue weighted by atomic mass is 10.3. The minimum Gasteiger partial charge on any atom is -0.351 e. The number of hydrogen-bond donors (Lipinski definition) is 2. The fraction of sp³-hybridized carbons (Fsp3) is 0.643. The molecule has 1 aromatic rings. The highest BCUT2D eigenvalue weighted by Gasteiger charge is 2.19. The van der Waals surface area contributed by atoms with Crippen molar-refractivity contribution in [2.75, 3.05) is 13.1 Å². The summed E-state index contributed by atoms with van der Waals surface area (Å²) in [5.74, 6) is 0.00539. The van der Waals surface area contributed by atoms with E-state index in [-0.39, 0.29) is 11.9 Å². The van der Waals surface area contributed by atoms with Gasteiger partial charge in [-0.25, -0.2) is 0 Å². The number of rotatable bonds is 7. The molecule has 1 aliphatic carbocycles. The second-order valence-corrected chi connectivity index (χ2v) is 6.30. The fourth-order valence-electron chi connectivity index (χ4n) is 2.03. The van der Waals surface area contributed by atoms with Crippen molar-refractivity contribution in [3.63, 3.8) is 0 Å². The molecule has 0 aromatic carbocycles.